The van der Waals surface area contributed by atoms with Gasteiger partial charge < -0.3 is 10.2 Å². The van der Waals surface area contributed by atoms with Crippen LogP contribution in [0.5, 0.6) is 0 Å². The maximum atomic E-state index is 3.79. The summed E-state index contributed by atoms with van der Waals surface area (Å²) in [4.78, 5) is 2.42. The number of likely N-dealkylation sites (tertiary alicyclic amines) is 1. The van der Waals surface area contributed by atoms with Crippen molar-refractivity contribution in [1.82, 2.24) is 10.2 Å². The molecule has 2 aliphatic heterocycles. The minimum absolute atomic E-state index is 0.772. The number of likely N-dealkylation sites (N-methyl/N-ethyl adjacent to an activating group) is 1. The lowest BCUT2D eigenvalue weighted by atomic mass is 10.1. The molecule has 13 heavy (non-hydrogen) atoms. The van der Waals surface area contributed by atoms with Crippen molar-refractivity contribution in [1.29, 1.82) is 0 Å². The molecule has 0 aromatic rings. The van der Waals surface area contributed by atoms with Crippen LogP contribution in [0.15, 0.2) is 0 Å². The van der Waals surface area contributed by atoms with Gasteiger partial charge in [-0.3, -0.25) is 0 Å². The molecule has 0 aliphatic carbocycles. The molecule has 0 spiro atoms. The third-order valence-electron chi connectivity index (χ3n) is 3.02. The maximum absolute atomic E-state index is 3.79. The van der Waals surface area contributed by atoms with Crippen molar-refractivity contribution in [3.63, 3.8) is 0 Å². The van der Waals surface area contributed by atoms with Crippen LogP contribution < -0.4 is 5.32 Å². The maximum Gasteiger partial charge on any atom is 0.0209 e. The first-order chi connectivity index (χ1) is 6.34. The molecular weight excluding hydrogens is 180 g/mol. The lowest BCUT2D eigenvalue weighted by molar-refractivity contribution is 0.379. The number of hydrogen-bond acceptors (Lipinski definition) is 3. The van der Waals surface area contributed by atoms with Gasteiger partial charge in [-0.1, -0.05) is 0 Å². The Kier molecular flexibility index (Phi) is 3.52. The lowest BCUT2D eigenvalue weighted by Crippen LogP contribution is -2.42. The van der Waals surface area contributed by atoms with Gasteiger partial charge in [0.15, 0.2) is 0 Å². The number of nitrogens with zero attached hydrogens (tertiary/aromatic N) is 1. The molecule has 2 aliphatic rings. The Hall–Kier alpha value is 0.270. The second-order valence-corrected chi connectivity index (χ2v) is 5.48. The van der Waals surface area contributed by atoms with E-state index in [2.05, 4.69) is 29.0 Å². The Morgan fingerprint density at radius 3 is 2.85 bits per heavy atom. The highest BCUT2D eigenvalue weighted by Gasteiger charge is 2.23. The molecule has 2 saturated heterocycles. The van der Waals surface area contributed by atoms with E-state index in [0.717, 1.165) is 12.1 Å². The van der Waals surface area contributed by atoms with Crippen LogP contribution >= 0.6 is 11.8 Å². The van der Waals surface area contributed by atoms with Gasteiger partial charge in [-0.15, -0.1) is 0 Å². The van der Waals surface area contributed by atoms with Crippen molar-refractivity contribution < 1.29 is 0 Å². The minimum atomic E-state index is 0.772. The van der Waals surface area contributed by atoms with Crippen LogP contribution in [0, 0.1) is 0 Å². The summed E-state index contributed by atoms with van der Waals surface area (Å²) in [6.45, 7) is 2.53. The normalized spacial score (nSPS) is 36.7. The second kappa shape index (κ2) is 4.67. The monoisotopic (exact) mass is 200 g/mol. The number of rotatable bonds is 2. The van der Waals surface area contributed by atoms with E-state index >= 15 is 0 Å². The summed E-state index contributed by atoms with van der Waals surface area (Å²) in [7, 11) is 2.22. The smallest absolute Gasteiger partial charge is 0.0209 e. The predicted molar refractivity (Wildman–Crippen MR) is 59.4 cm³/mol. The van der Waals surface area contributed by atoms with Crippen molar-refractivity contribution >= 4 is 11.8 Å². The zero-order valence-electron chi connectivity index (χ0n) is 8.46. The first-order valence-corrected chi connectivity index (χ1v) is 6.52. The topological polar surface area (TPSA) is 15.3 Å². The highest BCUT2D eigenvalue weighted by molar-refractivity contribution is 7.99. The zero-order chi connectivity index (χ0) is 9.10. The Morgan fingerprint density at radius 2 is 2.23 bits per heavy atom. The molecule has 2 rings (SSSR count). The fourth-order valence-corrected chi connectivity index (χ4v) is 3.36. The van der Waals surface area contributed by atoms with Crippen LogP contribution in [0.3, 0.4) is 0 Å². The fraction of sp³-hybridized carbons (Fsp3) is 1.00. The number of nitrogens with one attached hydrogen (secondary N) is 1. The molecule has 76 valence electrons. The SMILES string of the molecule is CN1CC[C@@H](N[C@H]2CCCSC2)C1. The van der Waals surface area contributed by atoms with Crippen LogP contribution in [0.1, 0.15) is 19.3 Å². The first-order valence-electron chi connectivity index (χ1n) is 5.37. The second-order valence-electron chi connectivity index (χ2n) is 4.33. The van der Waals surface area contributed by atoms with Crippen molar-refractivity contribution in [2.24, 2.45) is 0 Å². The van der Waals surface area contributed by atoms with Crippen LogP contribution in [0.25, 0.3) is 0 Å². The van der Waals surface area contributed by atoms with Gasteiger partial charge in [-0.25, -0.2) is 0 Å². The van der Waals surface area contributed by atoms with Gasteiger partial charge in [0.2, 0.25) is 0 Å². The van der Waals surface area contributed by atoms with E-state index in [-0.39, 0.29) is 0 Å². The molecule has 2 heterocycles. The van der Waals surface area contributed by atoms with Crippen molar-refractivity contribution in [2.75, 3.05) is 31.6 Å². The van der Waals surface area contributed by atoms with Gasteiger partial charge in [-0.05, 0) is 38.6 Å². The molecule has 3 heteroatoms. The third-order valence-corrected chi connectivity index (χ3v) is 4.24. The molecule has 0 amide bonds. The van der Waals surface area contributed by atoms with E-state index in [9.17, 15) is 0 Å². The summed E-state index contributed by atoms with van der Waals surface area (Å²) in [6, 6.07) is 1.57. The van der Waals surface area contributed by atoms with Crippen LogP contribution in [-0.2, 0) is 0 Å². The Balaban J connectivity index is 1.71. The molecule has 0 radical (unpaired) electrons. The zero-order valence-corrected chi connectivity index (χ0v) is 9.28. The summed E-state index contributed by atoms with van der Waals surface area (Å²) in [5.41, 5.74) is 0. The number of thioether (sulfide) groups is 1. The molecule has 0 aromatic heterocycles. The van der Waals surface area contributed by atoms with E-state index in [0.29, 0.717) is 0 Å². The molecule has 1 N–H and O–H groups in total. The summed E-state index contributed by atoms with van der Waals surface area (Å²) in [6.07, 6.45) is 4.15. The minimum Gasteiger partial charge on any atom is -0.309 e. The Bertz CT molecular complexity index is 154. The van der Waals surface area contributed by atoms with Gasteiger partial charge in [-0.2, -0.15) is 11.8 Å². The predicted octanol–water partition coefficient (Wildman–Crippen LogP) is 1.18. The summed E-state index contributed by atoms with van der Waals surface area (Å²) < 4.78 is 0. The first kappa shape index (κ1) is 9.81. The summed E-state index contributed by atoms with van der Waals surface area (Å²) in [5.74, 6) is 2.71. The molecule has 0 saturated carbocycles. The summed E-state index contributed by atoms with van der Waals surface area (Å²) >= 11 is 2.11. The summed E-state index contributed by atoms with van der Waals surface area (Å²) in [5, 5.41) is 3.79. The fourth-order valence-electron chi connectivity index (χ4n) is 2.28. The van der Waals surface area contributed by atoms with E-state index in [4.69, 9.17) is 0 Å². The highest BCUT2D eigenvalue weighted by Crippen LogP contribution is 2.18. The standard InChI is InChI=1S/C10H20N2S/c1-12-5-4-9(7-12)11-10-3-2-6-13-8-10/h9-11H,2-8H2,1H3/t9-,10+/m1/s1. The molecule has 2 fully saturated rings. The quantitative estimate of drug-likeness (QED) is 0.720. The third kappa shape index (κ3) is 2.86. The van der Waals surface area contributed by atoms with Crippen LogP contribution in [0.4, 0.5) is 0 Å². The van der Waals surface area contributed by atoms with Gasteiger partial charge in [0.05, 0.1) is 0 Å². The molecule has 2 nitrogen and oxygen atoms in total. The van der Waals surface area contributed by atoms with Gasteiger partial charge in [0.1, 0.15) is 0 Å². The van der Waals surface area contributed by atoms with Crippen LogP contribution in [-0.4, -0.2) is 48.6 Å². The Labute approximate surface area is 85.4 Å². The van der Waals surface area contributed by atoms with Crippen molar-refractivity contribution in [2.45, 2.75) is 31.3 Å². The molecule has 0 unspecified atom stereocenters. The number of hydrogen-bond donors (Lipinski definition) is 1. The largest absolute Gasteiger partial charge is 0.309 e. The van der Waals surface area contributed by atoms with E-state index in [1.165, 1.54) is 43.9 Å². The molecule has 0 aromatic carbocycles. The average Bonchev–Trinajstić information content (AvgIpc) is 2.53. The van der Waals surface area contributed by atoms with E-state index < -0.39 is 0 Å². The Morgan fingerprint density at radius 1 is 1.31 bits per heavy atom. The molecule has 2 atom stereocenters. The van der Waals surface area contributed by atoms with Gasteiger partial charge >= 0.3 is 0 Å². The average molecular weight is 200 g/mol. The van der Waals surface area contributed by atoms with E-state index in [1.54, 1.807) is 0 Å². The van der Waals surface area contributed by atoms with Crippen molar-refractivity contribution in [3.05, 3.63) is 0 Å². The van der Waals surface area contributed by atoms with Crippen molar-refractivity contribution in [3.8, 4) is 0 Å². The van der Waals surface area contributed by atoms with Crippen LogP contribution in [0.2, 0.25) is 0 Å². The molecular formula is C10H20N2S. The van der Waals surface area contributed by atoms with Gasteiger partial charge in [0.25, 0.3) is 0 Å². The van der Waals surface area contributed by atoms with Gasteiger partial charge in [0, 0.05) is 24.4 Å². The molecule has 0 bridgehead atoms. The highest BCUT2D eigenvalue weighted by atomic mass is 32.2. The lowest BCUT2D eigenvalue weighted by Gasteiger charge is -2.26. The van der Waals surface area contributed by atoms with E-state index in [1.807, 2.05) is 0 Å².